The zero-order chi connectivity index (χ0) is 10.6. The molecule has 0 atom stereocenters. The maximum Gasteiger partial charge on any atom is 0.236 e. The van der Waals surface area contributed by atoms with Crippen LogP contribution in [0, 0.1) is 0 Å². The first-order valence-corrected chi connectivity index (χ1v) is 4.47. The average Bonchev–Trinajstić information content (AvgIpc) is 2.20. The zero-order valence-corrected chi connectivity index (χ0v) is 8.10. The standard InChI is InChI=1S/C10H14N2O2/c1-2-10(14)12(11)7-8-5-3-4-6-9(8)13/h3-6,13H,2,7,11H2,1H3. The number of aromatic hydroxyl groups is 1. The molecule has 1 aromatic carbocycles. The van der Waals surface area contributed by atoms with Crippen molar-refractivity contribution in [2.24, 2.45) is 5.84 Å². The van der Waals surface area contributed by atoms with Gasteiger partial charge in [-0.15, -0.1) is 0 Å². The van der Waals surface area contributed by atoms with Crippen LogP contribution in [0.2, 0.25) is 0 Å². The second-order valence-electron chi connectivity index (χ2n) is 3.00. The number of phenolic OH excluding ortho intramolecular Hbond substituents is 1. The third kappa shape index (κ3) is 2.47. The number of hydrogen-bond acceptors (Lipinski definition) is 3. The van der Waals surface area contributed by atoms with Gasteiger partial charge in [0.05, 0.1) is 6.54 Å². The number of amides is 1. The van der Waals surface area contributed by atoms with Crippen LogP contribution in [0.15, 0.2) is 24.3 Å². The lowest BCUT2D eigenvalue weighted by molar-refractivity contribution is -0.131. The van der Waals surface area contributed by atoms with Gasteiger partial charge in [0.25, 0.3) is 0 Å². The van der Waals surface area contributed by atoms with Crippen LogP contribution in [-0.2, 0) is 11.3 Å². The van der Waals surface area contributed by atoms with E-state index in [0.29, 0.717) is 12.0 Å². The highest BCUT2D eigenvalue weighted by atomic mass is 16.3. The molecule has 1 rings (SSSR count). The molecule has 0 radical (unpaired) electrons. The molecule has 0 aliphatic rings. The van der Waals surface area contributed by atoms with Crippen LogP contribution in [0.3, 0.4) is 0 Å². The molecule has 0 aromatic heterocycles. The van der Waals surface area contributed by atoms with Crippen LogP contribution in [0.1, 0.15) is 18.9 Å². The molecular formula is C10H14N2O2. The van der Waals surface area contributed by atoms with E-state index in [1.807, 2.05) is 0 Å². The van der Waals surface area contributed by atoms with E-state index < -0.39 is 0 Å². The summed E-state index contributed by atoms with van der Waals surface area (Å²) in [6, 6.07) is 6.82. The highest BCUT2D eigenvalue weighted by Gasteiger charge is 2.09. The van der Waals surface area contributed by atoms with Crippen molar-refractivity contribution in [2.45, 2.75) is 19.9 Å². The first-order chi connectivity index (χ1) is 6.65. The fourth-order valence-electron chi connectivity index (χ4n) is 1.12. The minimum atomic E-state index is -0.145. The molecule has 0 fully saturated rings. The smallest absolute Gasteiger partial charge is 0.236 e. The summed E-state index contributed by atoms with van der Waals surface area (Å²) in [5.74, 6) is 5.52. The van der Waals surface area contributed by atoms with Gasteiger partial charge in [-0.3, -0.25) is 9.80 Å². The maximum atomic E-state index is 11.1. The zero-order valence-electron chi connectivity index (χ0n) is 8.10. The Morgan fingerprint density at radius 1 is 1.50 bits per heavy atom. The van der Waals surface area contributed by atoms with Crippen LogP contribution < -0.4 is 5.84 Å². The van der Waals surface area contributed by atoms with Gasteiger partial charge in [-0.25, -0.2) is 5.84 Å². The molecule has 0 saturated carbocycles. The van der Waals surface area contributed by atoms with Crippen molar-refractivity contribution in [3.05, 3.63) is 29.8 Å². The van der Waals surface area contributed by atoms with E-state index in [1.165, 1.54) is 0 Å². The lowest BCUT2D eigenvalue weighted by Crippen LogP contribution is -2.36. The summed E-state index contributed by atoms with van der Waals surface area (Å²) in [6.45, 7) is 1.98. The van der Waals surface area contributed by atoms with Crippen molar-refractivity contribution in [1.29, 1.82) is 0 Å². The first kappa shape index (κ1) is 10.5. The Morgan fingerprint density at radius 3 is 2.71 bits per heavy atom. The third-order valence-electron chi connectivity index (χ3n) is 1.96. The van der Waals surface area contributed by atoms with Crippen molar-refractivity contribution in [3.8, 4) is 5.75 Å². The molecule has 0 unspecified atom stereocenters. The fraction of sp³-hybridized carbons (Fsp3) is 0.300. The van der Waals surface area contributed by atoms with Crippen molar-refractivity contribution in [2.75, 3.05) is 0 Å². The molecule has 4 nitrogen and oxygen atoms in total. The van der Waals surface area contributed by atoms with Gasteiger partial charge >= 0.3 is 0 Å². The summed E-state index contributed by atoms with van der Waals surface area (Å²) in [6.07, 6.45) is 0.365. The molecule has 1 amide bonds. The van der Waals surface area contributed by atoms with E-state index >= 15 is 0 Å². The Morgan fingerprint density at radius 2 is 2.14 bits per heavy atom. The van der Waals surface area contributed by atoms with E-state index in [0.717, 1.165) is 5.01 Å². The summed E-state index contributed by atoms with van der Waals surface area (Å²) in [5, 5.41) is 10.5. The van der Waals surface area contributed by atoms with E-state index in [-0.39, 0.29) is 18.2 Å². The third-order valence-corrected chi connectivity index (χ3v) is 1.96. The van der Waals surface area contributed by atoms with Gasteiger partial charge in [0.15, 0.2) is 0 Å². The minimum absolute atomic E-state index is 0.145. The molecule has 0 aliphatic heterocycles. The van der Waals surface area contributed by atoms with Gasteiger partial charge < -0.3 is 5.11 Å². The number of rotatable bonds is 3. The van der Waals surface area contributed by atoms with Gasteiger partial charge in [0.2, 0.25) is 5.91 Å². The van der Waals surface area contributed by atoms with Crippen molar-refractivity contribution >= 4 is 5.91 Å². The number of nitrogens with two attached hydrogens (primary N) is 1. The van der Waals surface area contributed by atoms with Gasteiger partial charge in [-0.1, -0.05) is 25.1 Å². The highest BCUT2D eigenvalue weighted by molar-refractivity contribution is 5.75. The summed E-state index contributed by atoms with van der Waals surface area (Å²) in [5.41, 5.74) is 0.650. The van der Waals surface area contributed by atoms with Crippen LogP contribution >= 0.6 is 0 Å². The number of hydrogen-bond donors (Lipinski definition) is 2. The second kappa shape index (κ2) is 4.62. The predicted octanol–water partition coefficient (Wildman–Crippen LogP) is 1.00. The van der Waals surface area contributed by atoms with E-state index in [9.17, 15) is 9.90 Å². The van der Waals surface area contributed by atoms with Crippen LogP contribution in [0.5, 0.6) is 5.75 Å². The Balaban J connectivity index is 2.69. The van der Waals surface area contributed by atoms with E-state index in [1.54, 1.807) is 31.2 Å². The summed E-state index contributed by atoms with van der Waals surface area (Å²) in [7, 11) is 0. The van der Waals surface area contributed by atoms with E-state index in [4.69, 9.17) is 5.84 Å². The number of nitrogens with zero attached hydrogens (tertiary/aromatic N) is 1. The van der Waals surface area contributed by atoms with Gasteiger partial charge in [0, 0.05) is 12.0 Å². The van der Waals surface area contributed by atoms with Crippen LogP contribution in [0.4, 0.5) is 0 Å². The number of carbonyl (C=O) groups is 1. The topological polar surface area (TPSA) is 66.6 Å². The van der Waals surface area contributed by atoms with Crippen LogP contribution in [0.25, 0.3) is 0 Å². The monoisotopic (exact) mass is 194 g/mol. The second-order valence-corrected chi connectivity index (χ2v) is 3.00. The molecule has 1 aromatic rings. The molecule has 0 saturated heterocycles. The fourth-order valence-corrected chi connectivity index (χ4v) is 1.12. The average molecular weight is 194 g/mol. The van der Waals surface area contributed by atoms with Gasteiger partial charge in [-0.05, 0) is 6.07 Å². The lowest BCUT2D eigenvalue weighted by atomic mass is 10.2. The molecule has 3 N–H and O–H groups in total. The number of benzene rings is 1. The molecule has 14 heavy (non-hydrogen) atoms. The molecular weight excluding hydrogens is 180 g/mol. The Kier molecular flexibility index (Phi) is 3.48. The predicted molar refractivity (Wildman–Crippen MR) is 53.1 cm³/mol. The Labute approximate surface area is 82.9 Å². The Bertz CT molecular complexity index is 326. The SMILES string of the molecule is CCC(=O)N(N)Cc1ccccc1O. The summed E-state index contributed by atoms with van der Waals surface area (Å²) >= 11 is 0. The minimum Gasteiger partial charge on any atom is -0.508 e. The lowest BCUT2D eigenvalue weighted by Gasteiger charge is -2.16. The van der Waals surface area contributed by atoms with Crippen LogP contribution in [-0.4, -0.2) is 16.0 Å². The highest BCUT2D eigenvalue weighted by Crippen LogP contribution is 2.16. The maximum absolute atomic E-state index is 11.1. The van der Waals surface area contributed by atoms with Crippen molar-refractivity contribution in [3.63, 3.8) is 0 Å². The van der Waals surface area contributed by atoms with Gasteiger partial charge in [-0.2, -0.15) is 0 Å². The summed E-state index contributed by atoms with van der Waals surface area (Å²) < 4.78 is 0. The number of hydrazine groups is 1. The molecule has 0 spiro atoms. The molecule has 0 bridgehead atoms. The largest absolute Gasteiger partial charge is 0.508 e. The number of phenols is 1. The normalized spacial score (nSPS) is 9.86. The van der Waals surface area contributed by atoms with Gasteiger partial charge in [0.1, 0.15) is 5.75 Å². The molecule has 4 heteroatoms. The quantitative estimate of drug-likeness (QED) is 0.428. The summed E-state index contributed by atoms with van der Waals surface area (Å²) in [4.78, 5) is 11.1. The molecule has 0 heterocycles. The number of para-hydroxylation sites is 1. The molecule has 76 valence electrons. The van der Waals surface area contributed by atoms with E-state index in [2.05, 4.69) is 0 Å². The Hall–Kier alpha value is -1.55. The van der Waals surface area contributed by atoms with Crippen molar-refractivity contribution in [1.82, 2.24) is 5.01 Å². The first-order valence-electron chi connectivity index (χ1n) is 4.47. The van der Waals surface area contributed by atoms with Crippen molar-refractivity contribution < 1.29 is 9.90 Å². The number of carbonyl (C=O) groups excluding carboxylic acids is 1. The molecule has 0 aliphatic carbocycles.